The van der Waals surface area contributed by atoms with E-state index in [1.807, 2.05) is 13.0 Å². The van der Waals surface area contributed by atoms with E-state index in [2.05, 4.69) is 24.9 Å². The molecule has 1 aromatic heterocycles. The van der Waals surface area contributed by atoms with Crippen LogP contribution in [0.3, 0.4) is 0 Å². The van der Waals surface area contributed by atoms with Gasteiger partial charge in [-0.15, -0.1) is 0 Å². The van der Waals surface area contributed by atoms with Gasteiger partial charge < -0.3 is 10.2 Å². The summed E-state index contributed by atoms with van der Waals surface area (Å²) in [5, 5.41) is 0. The molecule has 2 unspecified atom stereocenters. The van der Waals surface area contributed by atoms with Crippen molar-refractivity contribution < 1.29 is 4.42 Å². The summed E-state index contributed by atoms with van der Waals surface area (Å²) in [5.41, 5.74) is 6.14. The third-order valence-electron chi connectivity index (χ3n) is 3.89. The van der Waals surface area contributed by atoms with Crippen molar-refractivity contribution in [1.29, 1.82) is 0 Å². The van der Waals surface area contributed by atoms with E-state index >= 15 is 0 Å². The van der Waals surface area contributed by atoms with Crippen LogP contribution in [0.5, 0.6) is 0 Å². The van der Waals surface area contributed by atoms with Gasteiger partial charge in [-0.1, -0.05) is 12.8 Å². The molecule has 2 N–H and O–H groups in total. The Hall–Kier alpha value is -0.800. The van der Waals surface area contributed by atoms with Gasteiger partial charge in [0.1, 0.15) is 11.5 Å². The molecule has 0 spiro atoms. The van der Waals surface area contributed by atoms with Crippen LogP contribution in [-0.4, -0.2) is 24.0 Å². The van der Waals surface area contributed by atoms with Gasteiger partial charge in [0.15, 0.2) is 0 Å². The molecule has 96 valence electrons. The Morgan fingerprint density at radius 2 is 2.00 bits per heavy atom. The van der Waals surface area contributed by atoms with E-state index in [-0.39, 0.29) is 12.1 Å². The van der Waals surface area contributed by atoms with Crippen LogP contribution in [0.2, 0.25) is 0 Å². The van der Waals surface area contributed by atoms with Crippen molar-refractivity contribution in [2.24, 2.45) is 5.73 Å². The zero-order valence-corrected chi connectivity index (χ0v) is 11.1. The number of hydrogen-bond donors (Lipinski definition) is 1. The van der Waals surface area contributed by atoms with Crippen molar-refractivity contribution in [2.75, 3.05) is 7.05 Å². The first-order valence-corrected chi connectivity index (χ1v) is 6.63. The highest BCUT2D eigenvalue weighted by Crippen LogP contribution is 2.31. The second kappa shape index (κ2) is 5.23. The Labute approximate surface area is 104 Å². The molecule has 0 saturated heterocycles. The number of nitrogens with two attached hydrogens (primary N) is 1. The molecule has 0 aromatic carbocycles. The Balaban J connectivity index is 2.16. The lowest BCUT2D eigenvalue weighted by Gasteiger charge is -2.34. The van der Waals surface area contributed by atoms with Crippen LogP contribution in [0, 0.1) is 6.92 Å². The monoisotopic (exact) mass is 236 g/mol. The molecule has 0 amide bonds. The van der Waals surface area contributed by atoms with Gasteiger partial charge >= 0.3 is 0 Å². The summed E-state index contributed by atoms with van der Waals surface area (Å²) in [4.78, 5) is 2.41. The minimum atomic E-state index is 0.0890. The van der Waals surface area contributed by atoms with Crippen molar-refractivity contribution in [3.63, 3.8) is 0 Å². The number of likely N-dealkylation sites (N-methyl/N-ethyl adjacent to an activating group) is 1. The maximum absolute atomic E-state index is 6.14. The van der Waals surface area contributed by atoms with E-state index in [1.54, 1.807) is 0 Å². The number of hydrogen-bond acceptors (Lipinski definition) is 3. The number of aryl methyl sites for hydroxylation is 1. The predicted octanol–water partition coefficient (Wildman–Crippen LogP) is 2.85. The first-order valence-electron chi connectivity index (χ1n) is 6.63. The van der Waals surface area contributed by atoms with Crippen molar-refractivity contribution in [1.82, 2.24) is 4.90 Å². The molecule has 1 aromatic rings. The summed E-state index contributed by atoms with van der Waals surface area (Å²) >= 11 is 0. The van der Waals surface area contributed by atoms with Crippen LogP contribution in [-0.2, 0) is 0 Å². The highest BCUT2D eigenvalue weighted by Gasteiger charge is 2.30. The van der Waals surface area contributed by atoms with Crippen LogP contribution in [0.15, 0.2) is 16.5 Å². The molecule has 0 bridgehead atoms. The number of rotatable bonds is 4. The second-order valence-electron chi connectivity index (χ2n) is 5.36. The molecule has 1 saturated carbocycles. The molecule has 3 heteroatoms. The van der Waals surface area contributed by atoms with Crippen LogP contribution < -0.4 is 5.73 Å². The summed E-state index contributed by atoms with van der Waals surface area (Å²) in [6, 6.07) is 5.04. The molecule has 0 aliphatic heterocycles. The summed E-state index contributed by atoms with van der Waals surface area (Å²) in [5.74, 6) is 1.97. The zero-order chi connectivity index (χ0) is 12.4. The number of nitrogens with zero attached hydrogens (tertiary/aromatic N) is 1. The van der Waals surface area contributed by atoms with Crippen LogP contribution in [0.4, 0.5) is 0 Å². The van der Waals surface area contributed by atoms with Gasteiger partial charge in [0, 0.05) is 12.1 Å². The van der Waals surface area contributed by atoms with Crippen LogP contribution in [0.25, 0.3) is 0 Å². The topological polar surface area (TPSA) is 42.4 Å². The van der Waals surface area contributed by atoms with Crippen LogP contribution >= 0.6 is 0 Å². The minimum Gasteiger partial charge on any atom is -0.465 e. The molecule has 1 aliphatic rings. The molecule has 2 rings (SSSR count). The Morgan fingerprint density at radius 1 is 1.35 bits per heavy atom. The molecule has 17 heavy (non-hydrogen) atoms. The predicted molar refractivity (Wildman–Crippen MR) is 69.9 cm³/mol. The maximum Gasteiger partial charge on any atom is 0.122 e. The van der Waals surface area contributed by atoms with Gasteiger partial charge in [-0.25, -0.2) is 0 Å². The van der Waals surface area contributed by atoms with Crippen molar-refractivity contribution in [3.8, 4) is 0 Å². The van der Waals surface area contributed by atoms with E-state index in [4.69, 9.17) is 10.2 Å². The highest BCUT2D eigenvalue weighted by atomic mass is 16.3. The molecule has 0 radical (unpaired) electrons. The lowest BCUT2D eigenvalue weighted by molar-refractivity contribution is 0.137. The summed E-state index contributed by atoms with van der Waals surface area (Å²) in [6.07, 6.45) is 5.27. The molecule has 2 atom stereocenters. The first kappa shape index (κ1) is 12.7. The largest absolute Gasteiger partial charge is 0.465 e. The van der Waals surface area contributed by atoms with Gasteiger partial charge in [0.2, 0.25) is 0 Å². The third kappa shape index (κ3) is 2.72. The average Bonchev–Trinajstić information content (AvgIpc) is 2.88. The van der Waals surface area contributed by atoms with Gasteiger partial charge in [-0.3, -0.25) is 4.90 Å². The van der Waals surface area contributed by atoms with Crippen LogP contribution in [0.1, 0.15) is 50.2 Å². The normalized spacial score (nSPS) is 21.0. The first-order chi connectivity index (χ1) is 8.09. The Bertz CT molecular complexity index is 353. The van der Waals surface area contributed by atoms with Crippen molar-refractivity contribution in [2.45, 2.75) is 57.7 Å². The molecule has 1 aliphatic carbocycles. The summed E-state index contributed by atoms with van der Waals surface area (Å²) < 4.78 is 5.77. The van der Waals surface area contributed by atoms with Crippen molar-refractivity contribution >= 4 is 0 Å². The number of furan rings is 1. The quantitative estimate of drug-likeness (QED) is 0.874. The molecular formula is C14H24N2O. The fourth-order valence-electron chi connectivity index (χ4n) is 2.98. The third-order valence-corrected chi connectivity index (χ3v) is 3.89. The lowest BCUT2D eigenvalue weighted by atomic mass is 10.0. The maximum atomic E-state index is 6.14. The average molecular weight is 236 g/mol. The Morgan fingerprint density at radius 3 is 2.47 bits per heavy atom. The van der Waals surface area contributed by atoms with Gasteiger partial charge in [0.25, 0.3) is 0 Å². The second-order valence-corrected chi connectivity index (χ2v) is 5.36. The minimum absolute atomic E-state index is 0.0890. The summed E-state index contributed by atoms with van der Waals surface area (Å²) in [7, 11) is 2.18. The molecule has 1 heterocycles. The molecule has 3 nitrogen and oxygen atoms in total. The molecular weight excluding hydrogens is 212 g/mol. The van der Waals surface area contributed by atoms with Gasteiger partial charge in [0.05, 0.1) is 6.04 Å². The van der Waals surface area contributed by atoms with Gasteiger partial charge in [-0.2, -0.15) is 0 Å². The standard InChI is InChI=1S/C14H24N2O/c1-10-8-9-13(17-10)14(11(2)15)16(3)12-6-4-5-7-12/h8-9,11-12,14H,4-7,15H2,1-3H3. The fraction of sp³-hybridized carbons (Fsp3) is 0.714. The summed E-state index contributed by atoms with van der Waals surface area (Å²) in [6.45, 7) is 4.05. The fourth-order valence-corrected chi connectivity index (χ4v) is 2.98. The van der Waals surface area contributed by atoms with E-state index in [9.17, 15) is 0 Å². The van der Waals surface area contributed by atoms with E-state index in [0.29, 0.717) is 6.04 Å². The van der Waals surface area contributed by atoms with E-state index in [0.717, 1.165) is 11.5 Å². The van der Waals surface area contributed by atoms with Crippen molar-refractivity contribution in [3.05, 3.63) is 23.7 Å². The molecule has 1 fully saturated rings. The van der Waals surface area contributed by atoms with E-state index < -0.39 is 0 Å². The SMILES string of the molecule is Cc1ccc(C(C(C)N)N(C)C2CCCC2)o1. The van der Waals surface area contributed by atoms with E-state index in [1.165, 1.54) is 25.7 Å². The zero-order valence-electron chi connectivity index (χ0n) is 11.1. The smallest absolute Gasteiger partial charge is 0.122 e. The lowest BCUT2D eigenvalue weighted by Crippen LogP contribution is -2.41. The Kier molecular flexibility index (Phi) is 3.89. The highest BCUT2D eigenvalue weighted by molar-refractivity contribution is 5.12. The van der Waals surface area contributed by atoms with Gasteiger partial charge in [-0.05, 0) is 45.9 Å².